The zero-order valence-corrected chi connectivity index (χ0v) is 15.4. The highest BCUT2D eigenvalue weighted by Crippen LogP contribution is 2.23. The van der Waals surface area contributed by atoms with Crippen molar-refractivity contribution in [3.8, 4) is 0 Å². The fourth-order valence-corrected chi connectivity index (χ4v) is 3.93. The molecule has 0 spiro atoms. The summed E-state index contributed by atoms with van der Waals surface area (Å²) in [5, 5.41) is 0. The van der Waals surface area contributed by atoms with Crippen LogP contribution in [0.2, 0.25) is 0 Å². The number of unbranched alkanes of at least 4 members (excludes halogenated alkanes) is 2. The Morgan fingerprint density at radius 2 is 1.50 bits per heavy atom. The number of hydrogen-bond donors (Lipinski definition) is 1. The fourth-order valence-electron chi connectivity index (χ4n) is 2.27. The molecule has 122 valence electrons. The van der Waals surface area contributed by atoms with Crippen molar-refractivity contribution >= 4 is 10.0 Å². The summed E-state index contributed by atoms with van der Waals surface area (Å²) in [6, 6.07) is 0.0158. The quantitative estimate of drug-likeness (QED) is 0.678. The third kappa shape index (κ3) is 9.76. The Morgan fingerprint density at radius 3 is 1.90 bits per heavy atom. The summed E-state index contributed by atoms with van der Waals surface area (Å²) in [4.78, 5) is 0. The maximum atomic E-state index is 12.1. The van der Waals surface area contributed by atoms with Gasteiger partial charge in [-0.2, -0.15) is 0 Å². The molecule has 0 aliphatic carbocycles. The van der Waals surface area contributed by atoms with Gasteiger partial charge < -0.3 is 0 Å². The van der Waals surface area contributed by atoms with E-state index in [0.717, 1.165) is 32.1 Å². The van der Waals surface area contributed by atoms with Gasteiger partial charge in [0, 0.05) is 6.04 Å². The Kier molecular flexibility index (Phi) is 7.75. The van der Waals surface area contributed by atoms with Gasteiger partial charge in [0.05, 0.1) is 5.75 Å². The summed E-state index contributed by atoms with van der Waals surface area (Å²) in [7, 11) is -3.14. The van der Waals surface area contributed by atoms with Crippen LogP contribution in [-0.4, -0.2) is 20.2 Å². The second-order valence-corrected chi connectivity index (χ2v) is 10.0. The predicted molar refractivity (Wildman–Crippen MR) is 88.4 cm³/mol. The fraction of sp³-hybridized carbons (Fsp3) is 1.00. The summed E-state index contributed by atoms with van der Waals surface area (Å²) in [5.74, 6) is 0.254. The Morgan fingerprint density at radius 1 is 0.950 bits per heavy atom. The van der Waals surface area contributed by atoms with Crippen molar-refractivity contribution in [3.05, 3.63) is 0 Å². The zero-order chi connectivity index (χ0) is 16.0. The molecule has 0 fully saturated rings. The van der Waals surface area contributed by atoms with E-state index in [0.29, 0.717) is 5.41 Å². The van der Waals surface area contributed by atoms with Crippen LogP contribution in [0.4, 0.5) is 0 Å². The minimum absolute atomic E-state index is 0.0158. The van der Waals surface area contributed by atoms with Crippen LogP contribution in [0, 0.1) is 10.8 Å². The van der Waals surface area contributed by atoms with E-state index in [2.05, 4.69) is 46.3 Å². The normalized spacial score (nSPS) is 15.3. The maximum absolute atomic E-state index is 12.1. The monoisotopic (exact) mass is 305 g/mol. The van der Waals surface area contributed by atoms with E-state index in [4.69, 9.17) is 0 Å². The number of rotatable bonds is 8. The van der Waals surface area contributed by atoms with Gasteiger partial charge in [0.25, 0.3) is 0 Å². The molecule has 0 rings (SSSR count). The van der Waals surface area contributed by atoms with Crippen molar-refractivity contribution in [1.82, 2.24) is 4.72 Å². The maximum Gasteiger partial charge on any atom is 0.211 e. The van der Waals surface area contributed by atoms with Crippen LogP contribution in [0.3, 0.4) is 0 Å². The molecule has 0 heterocycles. The van der Waals surface area contributed by atoms with Gasteiger partial charge in [0.2, 0.25) is 10.0 Å². The molecule has 1 N–H and O–H groups in total. The van der Waals surface area contributed by atoms with Gasteiger partial charge >= 0.3 is 0 Å². The second kappa shape index (κ2) is 7.79. The smallest absolute Gasteiger partial charge is 0.211 e. The van der Waals surface area contributed by atoms with Crippen molar-refractivity contribution in [2.45, 2.75) is 86.6 Å². The first kappa shape index (κ1) is 19.9. The van der Waals surface area contributed by atoms with Crippen LogP contribution < -0.4 is 4.72 Å². The molecule has 0 aromatic heterocycles. The molecule has 0 saturated carbocycles. The Hall–Kier alpha value is -0.0900. The average Bonchev–Trinajstić information content (AvgIpc) is 2.22. The van der Waals surface area contributed by atoms with Gasteiger partial charge in [0.15, 0.2) is 0 Å². The standard InChI is InChI=1S/C16H35NO2S/c1-8-14(16(5,6)7)17-20(18,19)13-11-9-10-12-15(2,3)4/h14,17H,8-13H2,1-7H3/t14-/m1/s1. The molecule has 0 radical (unpaired) electrons. The molecule has 0 saturated heterocycles. The Balaban J connectivity index is 4.14. The Bertz CT molecular complexity index is 361. The molecule has 4 heteroatoms. The molecular formula is C16H35NO2S. The first-order valence-corrected chi connectivity index (χ1v) is 9.52. The summed E-state index contributed by atoms with van der Waals surface area (Å²) < 4.78 is 27.1. The molecule has 3 nitrogen and oxygen atoms in total. The molecule has 0 aliphatic rings. The van der Waals surface area contributed by atoms with Crippen LogP contribution >= 0.6 is 0 Å². The van der Waals surface area contributed by atoms with E-state index in [-0.39, 0.29) is 17.2 Å². The third-order valence-electron chi connectivity index (χ3n) is 3.62. The van der Waals surface area contributed by atoms with Gasteiger partial charge in [0.1, 0.15) is 0 Å². The molecule has 0 aliphatic heterocycles. The van der Waals surface area contributed by atoms with Crippen LogP contribution in [0.1, 0.15) is 80.6 Å². The van der Waals surface area contributed by atoms with Crippen molar-refractivity contribution in [2.75, 3.05) is 5.75 Å². The van der Waals surface area contributed by atoms with E-state index in [1.807, 2.05) is 6.92 Å². The van der Waals surface area contributed by atoms with Gasteiger partial charge in [-0.05, 0) is 30.1 Å². The summed E-state index contributed by atoms with van der Waals surface area (Å²) in [5.41, 5.74) is 0.310. The van der Waals surface area contributed by atoms with E-state index in [1.165, 1.54) is 0 Å². The molecule has 0 bridgehead atoms. The second-order valence-electron chi connectivity index (χ2n) is 8.13. The van der Waals surface area contributed by atoms with Crippen molar-refractivity contribution in [2.24, 2.45) is 10.8 Å². The lowest BCUT2D eigenvalue weighted by Gasteiger charge is -2.30. The molecule has 0 aromatic carbocycles. The SMILES string of the molecule is CC[C@@H](NS(=O)(=O)CCCCCC(C)(C)C)C(C)(C)C. The zero-order valence-electron chi connectivity index (χ0n) is 14.5. The highest BCUT2D eigenvalue weighted by atomic mass is 32.2. The highest BCUT2D eigenvalue weighted by Gasteiger charge is 2.26. The minimum Gasteiger partial charge on any atom is -0.212 e. The lowest BCUT2D eigenvalue weighted by atomic mass is 9.86. The first-order valence-electron chi connectivity index (χ1n) is 7.87. The minimum atomic E-state index is -3.14. The largest absolute Gasteiger partial charge is 0.212 e. The third-order valence-corrected chi connectivity index (χ3v) is 5.09. The molecular weight excluding hydrogens is 270 g/mol. The predicted octanol–water partition coefficient (Wildman–Crippen LogP) is 4.34. The van der Waals surface area contributed by atoms with Gasteiger partial charge in [-0.25, -0.2) is 13.1 Å². The lowest BCUT2D eigenvalue weighted by molar-refractivity contribution is 0.291. The Labute approximate surface area is 127 Å². The number of hydrogen-bond acceptors (Lipinski definition) is 2. The number of sulfonamides is 1. The molecule has 20 heavy (non-hydrogen) atoms. The number of nitrogens with one attached hydrogen (secondary N) is 1. The van der Waals surface area contributed by atoms with Crippen LogP contribution in [0.15, 0.2) is 0 Å². The van der Waals surface area contributed by atoms with E-state index < -0.39 is 10.0 Å². The average molecular weight is 306 g/mol. The summed E-state index contributed by atoms with van der Waals surface area (Å²) in [6.07, 6.45) is 4.83. The van der Waals surface area contributed by atoms with E-state index in [9.17, 15) is 8.42 Å². The lowest BCUT2D eigenvalue weighted by Crippen LogP contribution is -2.44. The summed E-state index contributed by atoms with van der Waals surface area (Å²) in [6.45, 7) is 14.9. The van der Waals surface area contributed by atoms with Crippen LogP contribution in [0.25, 0.3) is 0 Å². The molecule has 0 aromatic rings. The first-order chi connectivity index (χ1) is 8.87. The summed E-state index contributed by atoms with van der Waals surface area (Å²) >= 11 is 0. The molecule has 1 atom stereocenters. The molecule has 0 unspecified atom stereocenters. The molecule has 0 amide bonds. The van der Waals surface area contributed by atoms with Crippen LogP contribution in [0.5, 0.6) is 0 Å². The van der Waals surface area contributed by atoms with E-state index in [1.54, 1.807) is 0 Å². The van der Waals surface area contributed by atoms with Gasteiger partial charge in [-0.1, -0.05) is 61.3 Å². The van der Waals surface area contributed by atoms with Crippen LogP contribution in [-0.2, 0) is 10.0 Å². The van der Waals surface area contributed by atoms with Crippen molar-refractivity contribution < 1.29 is 8.42 Å². The van der Waals surface area contributed by atoms with Gasteiger partial charge in [-0.3, -0.25) is 0 Å². The topological polar surface area (TPSA) is 46.2 Å². The van der Waals surface area contributed by atoms with Crippen molar-refractivity contribution in [1.29, 1.82) is 0 Å². The van der Waals surface area contributed by atoms with E-state index >= 15 is 0 Å². The van der Waals surface area contributed by atoms with Gasteiger partial charge in [-0.15, -0.1) is 0 Å². The van der Waals surface area contributed by atoms with Crippen molar-refractivity contribution in [3.63, 3.8) is 0 Å². The highest BCUT2D eigenvalue weighted by molar-refractivity contribution is 7.89.